The van der Waals surface area contributed by atoms with E-state index >= 15 is 0 Å². The van der Waals surface area contributed by atoms with E-state index in [1.165, 1.54) is 7.11 Å². The minimum Gasteiger partial charge on any atom is -0.496 e. The number of aromatic amines is 1. The molecular weight excluding hydrogens is 228 g/mol. The number of H-pyrrole nitrogens is 1. The molecule has 5 nitrogen and oxygen atoms in total. The average Bonchev–Trinajstić information content (AvgIpc) is 2.53. The van der Waals surface area contributed by atoms with Crippen LogP contribution in [0.15, 0.2) is 12.1 Å². The van der Waals surface area contributed by atoms with E-state index in [1.54, 1.807) is 23.7 Å². The number of methoxy groups -OCH3 is 1. The molecule has 0 unspecified atom stereocenters. The Kier molecular flexibility index (Phi) is 2.43. The summed E-state index contributed by atoms with van der Waals surface area (Å²) in [6, 6.07) is 3.18. The summed E-state index contributed by atoms with van der Waals surface area (Å²) in [6.45, 7) is 0. The number of nitrogens with one attached hydrogen (secondary N) is 1. The van der Waals surface area contributed by atoms with Gasteiger partial charge >= 0.3 is 5.97 Å². The minimum atomic E-state index is -1.02. The van der Waals surface area contributed by atoms with Crippen LogP contribution in [0.1, 0.15) is 10.4 Å². The van der Waals surface area contributed by atoms with Gasteiger partial charge in [0.1, 0.15) is 11.3 Å². The predicted octanol–water partition coefficient (Wildman–Crippen LogP) is 1.94. The summed E-state index contributed by atoms with van der Waals surface area (Å²) in [5.74, 6) is -0.706. The standard InChI is InChI=1S/C10H10N2O3S/c1-12-7-3-5(9(13)14)8(15-2)4-6(7)11-10(12)16/h3-4H,1-2H3,(H,11,16)(H,13,14). The van der Waals surface area contributed by atoms with Crippen molar-refractivity contribution < 1.29 is 14.6 Å². The van der Waals surface area contributed by atoms with Crippen molar-refractivity contribution in [2.24, 2.45) is 7.05 Å². The van der Waals surface area contributed by atoms with Crippen LogP contribution in [-0.2, 0) is 7.05 Å². The van der Waals surface area contributed by atoms with E-state index in [0.29, 0.717) is 10.5 Å². The van der Waals surface area contributed by atoms with Crippen LogP contribution in [0.3, 0.4) is 0 Å². The molecule has 0 atom stereocenters. The fourth-order valence-corrected chi connectivity index (χ4v) is 1.80. The van der Waals surface area contributed by atoms with E-state index in [4.69, 9.17) is 22.1 Å². The van der Waals surface area contributed by atoms with Crippen LogP contribution >= 0.6 is 12.2 Å². The van der Waals surface area contributed by atoms with Crippen molar-refractivity contribution in [1.29, 1.82) is 0 Å². The number of fused-ring (bicyclic) bond motifs is 1. The van der Waals surface area contributed by atoms with Crippen molar-refractivity contribution in [1.82, 2.24) is 9.55 Å². The molecule has 0 aliphatic heterocycles. The highest BCUT2D eigenvalue weighted by Crippen LogP contribution is 2.25. The topological polar surface area (TPSA) is 67.2 Å². The van der Waals surface area contributed by atoms with Gasteiger partial charge in [-0.3, -0.25) is 0 Å². The molecule has 2 rings (SSSR count). The molecule has 1 heterocycles. The number of aryl methyl sites for hydroxylation is 1. The van der Waals surface area contributed by atoms with Crippen molar-refractivity contribution in [3.8, 4) is 5.75 Å². The molecule has 0 radical (unpaired) electrons. The number of aromatic carboxylic acids is 1. The zero-order valence-corrected chi connectivity index (χ0v) is 9.59. The van der Waals surface area contributed by atoms with Crippen LogP contribution in [0, 0.1) is 4.77 Å². The third-order valence-corrected chi connectivity index (χ3v) is 2.83. The third kappa shape index (κ3) is 1.47. The zero-order chi connectivity index (χ0) is 11.9. The average molecular weight is 238 g/mol. The fourth-order valence-electron chi connectivity index (χ4n) is 1.59. The molecular formula is C10H10N2O3S. The number of aromatic nitrogens is 2. The Hall–Kier alpha value is -1.82. The van der Waals surface area contributed by atoms with E-state index in [1.807, 2.05) is 0 Å². The minimum absolute atomic E-state index is 0.125. The molecule has 2 aromatic rings. The normalized spacial score (nSPS) is 10.6. The summed E-state index contributed by atoms with van der Waals surface area (Å²) >= 11 is 5.06. The molecule has 2 N–H and O–H groups in total. The van der Waals surface area contributed by atoms with Crippen molar-refractivity contribution >= 4 is 29.2 Å². The van der Waals surface area contributed by atoms with Crippen LogP contribution in [0.4, 0.5) is 0 Å². The second-order valence-electron chi connectivity index (χ2n) is 3.36. The van der Waals surface area contributed by atoms with E-state index in [-0.39, 0.29) is 5.56 Å². The smallest absolute Gasteiger partial charge is 0.339 e. The van der Waals surface area contributed by atoms with Gasteiger partial charge in [0, 0.05) is 13.1 Å². The molecule has 0 spiro atoms. The lowest BCUT2D eigenvalue weighted by Crippen LogP contribution is -2.01. The van der Waals surface area contributed by atoms with Gasteiger partial charge < -0.3 is 19.4 Å². The number of ether oxygens (including phenoxy) is 1. The molecule has 0 saturated heterocycles. The van der Waals surface area contributed by atoms with Crippen molar-refractivity contribution in [2.45, 2.75) is 0 Å². The predicted molar refractivity (Wildman–Crippen MR) is 61.6 cm³/mol. The third-order valence-electron chi connectivity index (χ3n) is 2.46. The van der Waals surface area contributed by atoms with Gasteiger partial charge in [-0.15, -0.1) is 0 Å². The SMILES string of the molecule is COc1cc2[nH]c(=S)n(C)c2cc1C(=O)O. The molecule has 16 heavy (non-hydrogen) atoms. The van der Waals surface area contributed by atoms with Crippen LogP contribution in [0.5, 0.6) is 5.75 Å². The molecule has 1 aromatic heterocycles. The number of rotatable bonds is 2. The Morgan fingerprint density at radius 3 is 2.81 bits per heavy atom. The highest BCUT2D eigenvalue weighted by Gasteiger charge is 2.14. The second-order valence-corrected chi connectivity index (χ2v) is 3.75. The number of nitrogens with zero attached hydrogens (tertiary/aromatic N) is 1. The summed E-state index contributed by atoms with van der Waals surface area (Å²) < 4.78 is 7.28. The van der Waals surface area contributed by atoms with Crippen molar-refractivity contribution in [3.63, 3.8) is 0 Å². The number of carboxylic acid groups (broad SMARTS) is 1. The first-order valence-electron chi connectivity index (χ1n) is 4.54. The molecule has 0 aliphatic rings. The summed E-state index contributed by atoms with van der Waals surface area (Å²) in [4.78, 5) is 14.0. The summed E-state index contributed by atoms with van der Waals surface area (Å²) in [5, 5.41) is 9.03. The number of hydrogen-bond donors (Lipinski definition) is 2. The maximum atomic E-state index is 11.0. The first-order valence-corrected chi connectivity index (χ1v) is 4.95. The molecule has 84 valence electrons. The van der Waals surface area contributed by atoms with Gasteiger partial charge in [-0.2, -0.15) is 0 Å². The van der Waals surface area contributed by atoms with Gasteiger partial charge in [-0.25, -0.2) is 4.79 Å². The number of benzene rings is 1. The Morgan fingerprint density at radius 1 is 1.56 bits per heavy atom. The van der Waals surface area contributed by atoms with Gasteiger partial charge in [0.05, 0.1) is 18.1 Å². The monoisotopic (exact) mass is 238 g/mol. The van der Waals surface area contributed by atoms with Gasteiger partial charge in [0.2, 0.25) is 0 Å². The van der Waals surface area contributed by atoms with Crippen LogP contribution in [0.25, 0.3) is 11.0 Å². The zero-order valence-electron chi connectivity index (χ0n) is 8.77. The van der Waals surface area contributed by atoms with Crippen molar-refractivity contribution in [2.75, 3.05) is 7.11 Å². The molecule has 0 saturated carbocycles. The van der Waals surface area contributed by atoms with E-state index in [0.717, 1.165) is 11.0 Å². The lowest BCUT2D eigenvalue weighted by atomic mass is 10.2. The largest absolute Gasteiger partial charge is 0.496 e. The Bertz CT molecular complexity index is 627. The Balaban J connectivity index is 2.86. The van der Waals surface area contributed by atoms with Gasteiger partial charge in [-0.1, -0.05) is 0 Å². The van der Waals surface area contributed by atoms with Gasteiger partial charge in [0.25, 0.3) is 0 Å². The lowest BCUT2D eigenvalue weighted by Gasteiger charge is -2.05. The summed E-state index contributed by atoms with van der Waals surface area (Å²) in [7, 11) is 3.21. The lowest BCUT2D eigenvalue weighted by molar-refractivity contribution is 0.0693. The van der Waals surface area contributed by atoms with E-state index in [9.17, 15) is 4.79 Å². The van der Waals surface area contributed by atoms with Gasteiger partial charge in [0.15, 0.2) is 4.77 Å². The van der Waals surface area contributed by atoms with Gasteiger partial charge in [-0.05, 0) is 18.3 Å². The molecule has 0 amide bonds. The van der Waals surface area contributed by atoms with Crippen LogP contribution < -0.4 is 4.74 Å². The quantitative estimate of drug-likeness (QED) is 0.785. The van der Waals surface area contributed by atoms with Crippen LogP contribution in [-0.4, -0.2) is 27.7 Å². The van der Waals surface area contributed by atoms with Crippen LogP contribution in [0.2, 0.25) is 0 Å². The highest BCUT2D eigenvalue weighted by atomic mass is 32.1. The Morgan fingerprint density at radius 2 is 2.25 bits per heavy atom. The molecule has 0 fully saturated rings. The first kappa shape index (κ1) is 10.7. The summed E-state index contributed by atoms with van der Waals surface area (Å²) in [6.07, 6.45) is 0. The first-order chi connectivity index (χ1) is 7.54. The van der Waals surface area contributed by atoms with E-state index < -0.39 is 5.97 Å². The van der Waals surface area contributed by atoms with Crippen molar-refractivity contribution in [3.05, 3.63) is 22.5 Å². The molecule has 6 heteroatoms. The molecule has 0 aliphatic carbocycles. The summed E-state index contributed by atoms with van der Waals surface area (Å²) in [5.41, 5.74) is 1.62. The molecule has 1 aromatic carbocycles. The van der Waals surface area contributed by atoms with E-state index in [2.05, 4.69) is 4.98 Å². The number of imidazole rings is 1. The fraction of sp³-hybridized carbons (Fsp3) is 0.200. The maximum Gasteiger partial charge on any atom is 0.339 e. The second kappa shape index (κ2) is 3.64. The Labute approximate surface area is 96.3 Å². The number of carbonyl (C=O) groups is 1. The number of hydrogen-bond acceptors (Lipinski definition) is 3. The highest BCUT2D eigenvalue weighted by molar-refractivity contribution is 7.71. The maximum absolute atomic E-state index is 11.0. The number of carboxylic acids is 1. The molecule has 0 bridgehead atoms.